The fraction of sp³-hybridized carbons (Fsp3) is 0.0909. The molecule has 5 nitrogen and oxygen atoms in total. The first-order chi connectivity index (χ1) is 14.7. The number of carboxylic acids is 1. The average Bonchev–Trinajstić information content (AvgIpc) is 3.28. The van der Waals surface area contributed by atoms with Gasteiger partial charge in [0, 0.05) is 17.1 Å². The molecule has 156 valence electrons. The fourth-order valence-corrected chi connectivity index (χ4v) is 3.65. The zero-order valence-corrected chi connectivity index (χ0v) is 16.8. The molecule has 2 heterocycles. The lowest BCUT2D eigenvalue weighted by Gasteiger charge is -2.11. The molecule has 0 saturated carbocycles. The van der Waals surface area contributed by atoms with Gasteiger partial charge in [0.05, 0.1) is 5.56 Å². The van der Waals surface area contributed by atoms with Gasteiger partial charge < -0.3 is 5.11 Å². The van der Waals surface area contributed by atoms with Crippen LogP contribution in [0.5, 0.6) is 0 Å². The average molecular weight is 441 g/mol. The second kappa shape index (κ2) is 7.92. The molecule has 4 rings (SSSR count). The highest BCUT2D eigenvalue weighted by Gasteiger charge is 2.34. The zero-order valence-electron chi connectivity index (χ0n) is 16.0. The van der Waals surface area contributed by atoms with E-state index in [9.17, 15) is 23.1 Å². The number of carboxylic acid groups (broad SMARTS) is 1. The van der Waals surface area contributed by atoms with E-state index in [2.05, 4.69) is 15.0 Å². The van der Waals surface area contributed by atoms with Crippen molar-refractivity contribution in [3.05, 3.63) is 76.9 Å². The first kappa shape index (κ1) is 20.7. The summed E-state index contributed by atoms with van der Waals surface area (Å²) in [4.78, 5) is 23.5. The van der Waals surface area contributed by atoms with Gasteiger partial charge in [-0.2, -0.15) is 13.2 Å². The number of hydrogen-bond donors (Lipinski definition) is 1. The predicted molar refractivity (Wildman–Crippen MR) is 111 cm³/mol. The number of aromatic carboxylic acids is 1. The number of aryl methyl sites for hydroxylation is 1. The van der Waals surface area contributed by atoms with Crippen molar-refractivity contribution < 1.29 is 23.1 Å². The highest BCUT2D eigenvalue weighted by molar-refractivity contribution is 7.13. The summed E-state index contributed by atoms with van der Waals surface area (Å²) in [6, 6.07) is 12.5. The van der Waals surface area contributed by atoms with Crippen LogP contribution in [0, 0.1) is 6.92 Å². The minimum atomic E-state index is -4.64. The summed E-state index contributed by atoms with van der Waals surface area (Å²) in [6.07, 6.45) is -3.15. The maximum Gasteiger partial charge on any atom is 0.433 e. The molecule has 0 atom stereocenters. The summed E-state index contributed by atoms with van der Waals surface area (Å²) < 4.78 is 40.3. The molecular formula is C22H14F3N3O2S. The van der Waals surface area contributed by atoms with E-state index in [1.807, 2.05) is 0 Å². The van der Waals surface area contributed by atoms with Crippen molar-refractivity contribution in [2.75, 3.05) is 0 Å². The summed E-state index contributed by atoms with van der Waals surface area (Å²) in [6.45, 7) is 1.69. The smallest absolute Gasteiger partial charge is 0.433 e. The number of aromatic nitrogens is 3. The van der Waals surface area contributed by atoms with Gasteiger partial charge in [0.2, 0.25) is 0 Å². The van der Waals surface area contributed by atoms with Crippen molar-refractivity contribution in [2.24, 2.45) is 0 Å². The Balaban J connectivity index is 1.84. The third kappa shape index (κ3) is 4.31. The number of hydrogen-bond acceptors (Lipinski definition) is 5. The molecule has 0 fully saturated rings. The molecule has 9 heteroatoms. The van der Waals surface area contributed by atoms with E-state index in [0.29, 0.717) is 27.3 Å². The highest BCUT2D eigenvalue weighted by atomic mass is 32.1. The lowest BCUT2D eigenvalue weighted by atomic mass is 9.98. The summed E-state index contributed by atoms with van der Waals surface area (Å²) >= 11 is 1.18. The molecule has 0 spiro atoms. The predicted octanol–water partition coefficient (Wildman–Crippen LogP) is 5.96. The molecule has 0 aliphatic heterocycles. The van der Waals surface area contributed by atoms with E-state index in [4.69, 9.17) is 0 Å². The molecule has 0 aliphatic rings. The first-order valence-electron chi connectivity index (χ1n) is 9.03. The first-order valence-corrected chi connectivity index (χ1v) is 9.91. The van der Waals surface area contributed by atoms with Gasteiger partial charge in [-0.25, -0.2) is 19.7 Å². The number of benzene rings is 2. The Morgan fingerprint density at radius 3 is 2.42 bits per heavy atom. The monoisotopic (exact) mass is 441 g/mol. The van der Waals surface area contributed by atoms with E-state index < -0.39 is 17.8 Å². The molecule has 0 saturated heterocycles. The van der Waals surface area contributed by atoms with Crippen LogP contribution in [0.15, 0.2) is 60.1 Å². The molecule has 2 aromatic heterocycles. The third-order valence-electron chi connectivity index (χ3n) is 4.59. The summed E-state index contributed by atoms with van der Waals surface area (Å²) in [5, 5.41) is 11.4. The van der Waals surface area contributed by atoms with Crippen molar-refractivity contribution >= 4 is 17.3 Å². The quantitative estimate of drug-likeness (QED) is 0.423. The van der Waals surface area contributed by atoms with Crippen LogP contribution in [-0.2, 0) is 6.18 Å². The van der Waals surface area contributed by atoms with Crippen LogP contribution in [0.4, 0.5) is 13.2 Å². The highest BCUT2D eigenvalue weighted by Crippen LogP contribution is 2.33. The third-order valence-corrected chi connectivity index (χ3v) is 5.39. The van der Waals surface area contributed by atoms with Crippen molar-refractivity contribution in [1.82, 2.24) is 15.0 Å². The van der Waals surface area contributed by atoms with Gasteiger partial charge in [0.1, 0.15) is 16.4 Å². The number of halogens is 3. The van der Waals surface area contributed by atoms with E-state index in [0.717, 1.165) is 6.07 Å². The Kier molecular flexibility index (Phi) is 5.28. The van der Waals surface area contributed by atoms with Crippen molar-refractivity contribution in [3.8, 4) is 33.2 Å². The number of rotatable bonds is 4. The van der Waals surface area contributed by atoms with E-state index in [1.165, 1.54) is 23.6 Å². The Hall–Kier alpha value is -3.59. The van der Waals surface area contributed by atoms with Gasteiger partial charge in [-0.1, -0.05) is 30.3 Å². The van der Waals surface area contributed by atoms with Crippen LogP contribution in [0.1, 0.15) is 21.6 Å². The standard InChI is InChI=1S/C22H14F3N3O2S/c1-12-5-6-14(10-16(12)21(29)30)13-3-2-4-15(9-13)19-27-17(20-26-7-8-31-20)11-18(28-19)22(23,24)25/h2-11H,1H3,(H,29,30). The van der Waals surface area contributed by atoms with Crippen molar-refractivity contribution in [2.45, 2.75) is 13.1 Å². The van der Waals surface area contributed by atoms with Gasteiger partial charge in [-0.15, -0.1) is 11.3 Å². The topological polar surface area (TPSA) is 76.0 Å². The molecule has 1 N–H and O–H groups in total. The maximum absolute atomic E-state index is 13.4. The molecule has 0 amide bonds. The normalized spacial score (nSPS) is 11.5. The number of carbonyl (C=O) groups is 1. The molecule has 0 bridgehead atoms. The molecule has 0 unspecified atom stereocenters. The molecular weight excluding hydrogens is 427 g/mol. The molecule has 0 aliphatic carbocycles. The molecule has 4 aromatic rings. The van der Waals surface area contributed by atoms with Gasteiger partial charge in [0.25, 0.3) is 0 Å². The van der Waals surface area contributed by atoms with E-state index in [-0.39, 0.29) is 17.1 Å². The van der Waals surface area contributed by atoms with Crippen LogP contribution < -0.4 is 0 Å². The van der Waals surface area contributed by atoms with Gasteiger partial charge in [-0.3, -0.25) is 0 Å². The SMILES string of the molecule is Cc1ccc(-c2cccc(-c3nc(-c4nccs4)cc(C(F)(F)F)n3)c2)cc1C(=O)O. The lowest BCUT2D eigenvalue weighted by molar-refractivity contribution is -0.141. The van der Waals surface area contributed by atoms with Gasteiger partial charge in [-0.05, 0) is 41.8 Å². The second-order valence-corrected chi connectivity index (χ2v) is 7.61. The second-order valence-electron chi connectivity index (χ2n) is 6.71. The van der Waals surface area contributed by atoms with Crippen LogP contribution in [0.3, 0.4) is 0 Å². The van der Waals surface area contributed by atoms with Crippen molar-refractivity contribution in [3.63, 3.8) is 0 Å². The lowest BCUT2D eigenvalue weighted by Crippen LogP contribution is -2.10. The number of alkyl halides is 3. The molecule has 2 aromatic carbocycles. The van der Waals surface area contributed by atoms with Gasteiger partial charge >= 0.3 is 12.1 Å². The van der Waals surface area contributed by atoms with Crippen molar-refractivity contribution in [1.29, 1.82) is 0 Å². The minimum absolute atomic E-state index is 0.0845. The zero-order chi connectivity index (χ0) is 22.2. The largest absolute Gasteiger partial charge is 0.478 e. The maximum atomic E-state index is 13.4. The molecule has 0 radical (unpaired) electrons. The van der Waals surface area contributed by atoms with E-state index >= 15 is 0 Å². The Labute approximate surface area is 178 Å². The Morgan fingerprint density at radius 2 is 1.74 bits per heavy atom. The van der Waals surface area contributed by atoms with Crippen LogP contribution in [0.25, 0.3) is 33.2 Å². The van der Waals surface area contributed by atoms with Crippen LogP contribution in [0.2, 0.25) is 0 Å². The Morgan fingerprint density at radius 1 is 1.00 bits per heavy atom. The summed E-state index contributed by atoms with van der Waals surface area (Å²) in [7, 11) is 0. The fourth-order valence-electron chi connectivity index (χ4n) is 3.05. The minimum Gasteiger partial charge on any atom is -0.478 e. The number of thiazole rings is 1. The summed E-state index contributed by atoms with van der Waals surface area (Å²) in [5.41, 5.74) is 1.43. The van der Waals surface area contributed by atoms with Crippen LogP contribution in [-0.4, -0.2) is 26.0 Å². The van der Waals surface area contributed by atoms with Crippen LogP contribution >= 0.6 is 11.3 Å². The molecule has 31 heavy (non-hydrogen) atoms. The Bertz CT molecular complexity index is 1270. The number of nitrogens with zero attached hydrogens (tertiary/aromatic N) is 3. The van der Waals surface area contributed by atoms with Gasteiger partial charge in [0.15, 0.2) is 5.82 Å². The van der Waals surface area contributed by atoms with E-state index in [1.54, 1.807) is 48.7 Å². The summed E-state index contributed by atoms with van der Waals surface area (Å²) in [5.74, 6) is -1.14.